The fraction of sp³-hybridized carbons (Fsp3) is 0.286. The van der Waals surface area contributed by atoms with Crippen LogP contribution in [0.4, 0.5) is 10.5 Å². The van der Waals surface area contributed by atoms with E-state index in [1.807, 2.05) is 84.9 Å². The molecule has 0 radical (unpaired) electrons. The third kappa shape index (κ3) is 7.74. The molecule has 0 unspecified atom stereocenters. The highest BCUT2D eigenvalue weighted by Crippen LogP contribution is 2.21. The molecular weight excluding hydrogens is 428 g/mol. The number of nitrogens with one attached hydrogen (secondary N) is 2. The SMILES string of the molecule is C[C@H](OCc1ccccc1)[C@@H](NC(=O)OC(C)(C)C)C(=O)Nc1ccc(-c2ccccc2)cc1. The van der Waals surface area contributed by atoms with Gasteiger partial charge in [0.05, 0.1) is 12.7 Å². The summed E-state index contributed by atoms with van der Waals surface area (Å²) in [6.07, 6.45) is -1.28. The lowest BCUT2D eigenvalue weighted by molar-refractivity contribution is -0.122. The second-order valence-corrected chi connectivity index (χ2v) is 9.06. The number of amides is 2. The molecule has 0 bridgehead atoms. The molecule has 0 heterocycles. The summed E-state index contributed by atoms with van der Waals surface area (Å²) in [5.74, 6) is -0.390. The summed E-state index contributed by atoms with van der Waals surface area (Å²) < 4.78 is 11.3. The fourth-order valence-electron chi connectivity index (χ4n) is 3.33. The summed E-state index contributed by atoms with van der Waals surface area (Å²) >= 11 is 0. The lowest BCUT2D eigenvalue weighted by Crippen LogP contribution is -2.52. The Morgan fingerprint density at radius 2 is 1.38 bits per heavy atom. The maximum absolute atomic E-state index is 13.2. The third-order valence-electron chi connectivity index (χ3n) is 5.04. The van der Waals surface area contributed by atoms with E-state index in [0.29, 0.717) is 12.3 Å². The first-order valence-corrected chi connectivity index (χ1v) is 11.3. The average Bonchev–Trinajstić information content (AvgIpc) is 2.81. The highest BCUT2D eigenvalue weighted by Gasteiger charge is 2.30. The highest BCUT2D eigenvalue weighted by atomic mass is 16.6. The summed E-state index contributed by atoms with van der Waals surface area (Å²) in [7, 11) is 0. The van der Waals surface area contributed by atoms with Crippen LogP contribution in [0.2, 0.25) is 0 Å². The molecule has 3 aromatic carbocycles. The van der Waals surface area contributed by atoms with Crippen molar-refractivity contribution in [3.8, 4) is 11.1 Å². The topological polar surface area (TPSA) is 76.7 Å². The van der Waals surface area contributed by atoms with Gasteiger partial charge in [0.1, 0.15) is 11.6 Å². The first-order valence-electron chi connectivity index (χ1n) is 11.3. The zero-order valence-electron chi connectivity index (χ0n) is 20.1. The van der Waals surface area contributed by atoms with Crippen LogP contribution in [0.3, 0.4) is 0 Å². The van der Waals surface area contributed by atoms with Crippen LogP contribution in [-0.4, -0.2) is 29.7 Å². The molecule has 0 aliphatic heterocycles. The molecule has 0 spiro atoms. The molecule has 178 valence electrons. The van der Waals surface area contributed by atoms with Gasteiger partial charge in [-0.05, 0) is 56.5 Å². The van der Waals surface area contributed by atoms with Gasteiger partial charge < -0.3 is 20.1 Å². The number of benzene rings is 3. The Balaban J connectivity index is 1.70. The molecule has 2 atom stereocenters. The molecule has 3 aromatic rings. The summed E-state index contributed by atoms with van der Waals surface area (Å²) in [5, 5.41) is 5.55. The molecular formula is C28H32N2O4. The molecule has 34 heavy (non-hydrogen) atoms. The second-order valence-electron chi connectivity index (χ2n) is 9.06. The van der Waals surface area contributed by atoms with E-state index >= 15 is 0 Å². The molecule has 0 saturated carbocycles. The minimum atomic E-state index is -0.952. The highest BCUT2D eigenvalue weighted by molar-refractivity contribution is 5.97. The van der Waals surface area contributed by atoms with Crippen LogP contribution >= 0.6 is 0 Å². The predicted octanol–water partition coefficient (Wildman–Crippen LogP) is 5.79. The van der Waals surface area contributed by atoms with Gasteiger partial charge in [0.25, 0.3) is 0 Å². The minimum Gasteiger partial charge on any atom is -0.444 e. The van der Waals surface area contributed by atoms with Gasteiger partial charge in [0, 0.05) is 5.69 Å². The zero-order valence-corrected chi connectivity index (χ0v) is 20.1. The Morgan fingerprint density at radius 1 is 0.824 bits per heavy atom. The Bertz CT molecular complexity index is 1060. The van der Waals surface area contributed by atoms with Crippen molar-refractivity contribution in [2.24, 2.45) is 0 Å². The van der Waals surface area contributed by atoms with Crippen LogP contribution in [0.15, 0.2) is 84.9 Å². The van der Waals surface area contributed by atoms with Gasteiger partial charge in [-0.25, -0.2) is 4.79 Å². The van der Waals surface area contributed by atoms with Gasteiger partial charge in [-0.2, -0.15) is 0 Å². The molecule has 3 rings (SSSR count). The van der Waals surface area contributed by atoms with Gasteiger partial charge in [0.2, 0.25) is 5.91 Å². The van der Waals surface area contributed by atoms with Crippen LogP contribution in [0.5, 0.6) is 0 Å². The van der Waals surface area contributed by atoms with Crippen molar-refractivity contribution in [1.29, 1.82) is 0 Å². The number of anilines is 1. The van der Waals surface area contributed by atoms with Crippen LogP contribution in [-0.2, 0) is 20.9 Å². The van der Waals surface area contributed by atoms with Crippen LogP contribution < -0.4 is 10.6 Å². The molecule has 0 aromatic heterocycles. The number of carbonyl (C=O) groups excluding carboxylic acids is 2. The van der Waals surface area contributed by atoms with Gasteiger partial charge >= 0.3 is 6.09 Å². The van der Waals surface area contributed by atoms with E-state index in [0.717, 1.165) is 16.7 Å². The predicted molar refractivity (Wildman–Crippen MR) is 134 cm³/mol. The molecule has 6 nitrogen and oxygen atoms in total. The standard InChI is InChI=1S/C28H32N2O4/c1-20(33-19-21-11-7-5-8-12-21)25(30-27(32)34-28(2,3)4)26(31)29-24-17-15-23(16-18-24)22-13-9-6-10-14-22/h5-18,20,25H,19H2,1-4H3,(H,29,31)(H,30,32)/t20-,25+/m0/s1. The number of ether oxygens (including phenoxy) is 2. The molecule has 0 aliphatic carbocycles. The molecule has 0 saturated heterocycles. The smallest absolute Gasteiger partial charge is 0.408 e. The summed E-state index contributed by atoms with van der Waals surface area (Å²) in [5.41, 5.74) is 3.04. The molecule has 2 amide bonds. The van der Waals surface area contributed by atoms with E-state index in [9.17, 15) is 9.59 Å². The Hall–Kier alpha value is -3.64. The fourth-order valence-corrected chi connectivity index (χ4v) is 3.33. The summed E-state index contributed by atoms with van der Waals surface area (Å²) in [6.45, 7) is 7.37. The van der Waals surface area contributed by atoms with Gasteiger partial charge in [0.15, 0.2) is 0 Å². The van der Waals surface area contributed by atoms with Crippen LogP contribution in [0.25, 0.3) is 11.1 Å². The van der Waals surface area contributed by atoms with Gasteiger partial charge in [-0.15, -0.1) is 0 Å². The van der Waals surface area contributed by atoms with E-state index in [1.54, 1.807) is 27.7 Å². The van der Waals surface area contributed by atoms with E-state index in [4.69, 9.17) is 9.47 Å². The average molecular weight is 461 g/mol. The number of rotatable bonds is 8. The lowest BCUT2D eigenvalue weighted by atomic mass is 10.1. The first kappa shape index (κ1) is 25.0. The molecule has 6 heteroatoms. The van der Waals surface area contributed by atoms with Crippen molar-refractivity contribution in [2.45, 2.75) is 52.0 Å². The zero-order chi connectivity index (χ0) is 24.6. The van der Waals surface area contributed by atoms with Gasteiger partial charge in [-0.1, -0.05) is 72.8 Å². The van der Waals surface area contributed by atoms with Crippen molar-refractivity contribution in [3.05, 3.63) is 90.5 Å². The van der Waals surface area contributed by atoms with Crippen molar-refractivity contribution in [2.75, 3.05) is 5.32 Å². The van der Waals surface area contributed by atoms with E-state index in [-0.39, 0.29) is 5.91 Å². The quantitative estimate of drug-likeness (QED) is 0.446. The van der Waals surface area contributed by atoms with E-state index in [2.05, 4.69) is 10.6 Å². The monoisotopic (exact) mass is 460 g/mol. The Labute approximate surface area is 201 Å². The summed E-state index contributed by atoms with van der Waals surface area (Å²) in [4.78, 5) is 25.6. The van der Waals surface area contributed by atoms with Crippen LogP contribution in [0, 0.1) is 0 Å². The lowest BCUT2D eigenvalue weighted by Gasteiger charge is -2.27. The van der Waals surface area contributed by atoms with Crippen molar-refractivity contribution in [1.82, 2.24) is 5.32 Å². The molecule has 0 fully saturated rings. The van der Waals surface area contributed by atoms with Crippen LogP contribution in [0.1, 0.15) is 33.3 Å². The number of carbonyl (C=O) groups is 2. The first-order chi connectivity index (χ1) is 16.2. The van der Waals surface area contributed by atoms with Crippen molar-refractivity contribution >= 4 is 17.7 Å². The summed E-state index contributed by atoms with van der Waals surface area (Å²) in [6, 6.07) is 26.2. The number of hydrogen-bond donors (Lipinski definition) is 2. The largest absolute Gasteiger partial charge is 0.444 e. The Kier molecular flexibility index (Phi) is 8.44. The maximum Gasteiger partial charge on any atom is 0.408 e. The number of alkyl carbamates (subject to hydrolysis) is 1. The maximum atomic E-state index is 13.2. The van der Waals surface area contributed by atoms with Gasteiger partial charge in [-0.3, -0.25) is 4.79 Å². The molecule has 2 N–H and O–H groups in total. The minimum absolute atomic E-state index is 0.313. The van der Waals surface area contributed by atoms with Crippen molar-refractivity contribution in [3.63, 3.8) is 0 Å². The normalized spacial score (nSPS) is 12.9. The number of hydrogen-bond acceptors (Lipinski definition) is 4. The van der Waals surface area contributed by atoms with Crippen molar-refractivity contribution < 1.29 is 19.1 Å². The third-order valence-corrected chi connectivity index (χ3v) is 5.04. The molecule has 0 aliphatic rings. The Morgan fingerprint density at radius 3 is 1.97 bits per heavy atom. The van der Waals surface area contributed by atoms with E-state index < -0.39 is 23.8 Å². The van der Waals surface area contributed by atoms with E-state index in [1.165, 1.54) is 0 Å². The second kappa shape index (κ2) is 11.5.